The second-order valence-electron chi connectivity index (χ2n) is 4.43. The smallest absolute Gasteiger partial charge is 0.322 e. The van der Waals surface area contributed by atoms with Crippen molar-refractivity contribution in [2.75, 3.05) is 30.8 Å². The monoisotopic (exact) mass is 288 g/mol. The SMILES string of the molecule is CCCNc1nc(NCCc2cccnc2)nc(OC)n1. The third kappa shape index (κ3) is 4.87. The molecular formula is C14H20N6O. The van der Waals surface area contributed by atoms with Gasteiger partial charge < -0.3 is 15.4 Å². The Balaban J connectivity index is 1.95. The van der Waals surface area contributed by atoms with Crippen molar-refractivity contribution in [2.45, 2.75) is 19.8 Å². The van der Waals surface area contributed by atoms with Crippen molar-refractivity contribution in [1.29, 1.82) is 0 Å². The molecule has 2 aromatic rings. The van der Waals surface area contributed by atoms with Gasteiger partial charge in [0.1, 0.15) is 0 Å². The summed E-state index contributed by atoms with van der Waals surface area (Å²) in [5.41, 5.74) is 1.16. The minimum Gasteiger partial charge on any atom is -0.467 e. The molecular weight excluding hydrogens is 268 g/mol. The zero-order valence-corrected chi connectivity index (χ0v) is 12.3. The third-order valence-corrected chi connectivity index (χ3v) is 2.75. The first-order chi connectivity index (χ1) is 10.3. The maximum atomic E-state index is 5.09. The van der Waals surface area contributed by atoms with Gasteiger partial charge >= 0.3 is 6.01 Å². The number of ether oxygens (including phenoxy) is 1. The van der Waals surface area contributed by atoms with Crippen molar-refractivity contribution in [1.82, 2.24) is 19.9 Å². The number of nitrogens with zero attached hydrogens (tertiary/aromatic N) is 4. The molecule has 2 N–H and O–H groups in total. The fourth-order valence-corrected chi connectivity index (χ4v) is 1.71. The molecule has 2 rings (SSSR count). The third-order valence-electron chi connectivity index (χ3n) is 2.75. The number of pyridine rings is 1. The molecule has 0 saturated carbocycles. The molecule has 0 spiro atoms. The molecule has 0 amide bonds. The Hall–Kier alpha value is -2.44. The molecule has 0 bridgehead atoms. The van der Waals surface area contributed by atoms with Gasteiger partial charge in [-0.1, -0.05) is 13.0 Å². The van der Waals surface area contributed by atoms with E-state index >= 15 is 0 Å². The summed E-state index contributed by atoms with van der Waals surface area (Å²) in [6.45, 7) is 3.60. The van der Waals surface area contributed by atoms with Crippen LogP contribution in [-0.2, 0) is 6.42 Å². The highest BCUT2D eigenvalue weighted by molar-refractivity contribution is 5.36. The molecule has 0 aliphatic rings. The van der Waals surface area contributed by atoms with Gasteiger partial charge in [-0.3, -0.25) is 4.98 Å². The Morgan fingerprint density at radius 2 is 1.86 bits per heavy atom. The van der Waals surface area contributed by atoms with Crippen molar-refractivity contribution in [3.8, 4) is 6.01 Å². The van der Waals surface area contributed by atoms with Gasteiger partial charge in [-0.15, -0.1) is 0 Å². The predicted octanol–water partition coefficient (Wildman–Crippen LogP) is 1.75. The summed E-state index contributed by atoms with van der Waals surface area (Å²) in [4.78, 5) is 16.7. The molecule has 0 fully saturated rings. The first-order valence-corrected chi connectivity index (χ1v) is 6.98. The summed E-state index contributed by atoms with van der Waals surface area (Å²) in [5, 5.41) is 6.30. The summed E-state index contributed by atoms with van der Waals surface area (Å²) in [5.74, 6) is 1.02. The molecule has 7 heteroatoms. The molecule has 0 aromatic carbocycles. The van der Waals surface area contributed by atoms with Crippen LogP contribution in [0.2, 0.25) is 0 Å². The number of rotatable bonds is 8. The van der Waals surface area contributed by atoms with Crippen LogP contribution in [0.5, 0.6) is 6.01 Å². The van der Waals surface area contributed by atoms with Crippen LogP contribution >= 0.6 is 0 Å². The van der Waals surface area contributed by atoms with Crippen molar-refractivity contribution in [3.05, 3.63) is 30.1 Å². The summed E-state index contributed by atoms with van der Waals surface area (Å²) in [6.07, 6.45) is 5.46. The fourth-order valence-electron chi connectivity index (χ4n) is 1.71. The van der Waals surface area contributed by atoms with Crippen LogP contribution in [0.25, 0.3) is 0 Å². The largest absolute Gasteiger partial charge is 0.467 e. The van der Waals surface area contributed by atoms with E-state index in [1.54, 1.807) is 13.3 Å². The van der Waals surface area contributed by atoms with E-state index in [1.807, 2.05) is 18.3 Å². The van der Waals surface area contributed by atoms with Crippen LogP contribution in [0.4, 0.5) is 11.9 Å². The van der Waals surface area contributed by atoms with Crippen LogP contribution in [0, 0.1) is 0 Å². The minimum atomic E-state index is 0.299. The average molecular weight is 288 g/mol. The lowest BCUT2D eigenvalue weighted by Crippen LogP contribution is -2.12. The molecule has 0 saturated heterocycles. The van der Waals surface area contributed by atoms with Crippen LogP contribution in [-0.4, -0.2) is 40.1 Å². The molecule has 0 aliphatic carbocycles. The Labute approximate surface area is 124 Å². The van der Waals surface area contributed by atoms with Gasteiger partial charge in [0.2, 0.25) is 11.9 Å². The molecule has 7 nitrogen and oxygen atoms in total. The van der Waals surface area contributed by atoms with Gasteiger partial charge in [-0.05, 0) is 24.5 Å². The molecule has 0 unspecified atom stereocenters. The number of hydrogen-bond acceptors (Lipinski definition) is 7. The highest BCUT2D eigenvalue weighted by Crippen LogP contribution is 2.10. The lowest BCUT2D eigenvalue weighted by molar-refractivity contribution is 0.379. The first-order valence-electron chi connectivity index (χ1n) is 6.98. The van der Waals surface area contributed by atoms with E-state index < -0.39 is 0 Å². The summed E-state index contributed by atoms with van der Waals surface area (Å²) in [6, 6.07) is 4.26. The second kappa shape index (κ2) is 7.98. The fraction of sp³-hybridized carbons (Fsp3) is 0.429. The molecule has 0 radical (unpaired) electrons. The van der Waals surface area contributed by atoms with E-state index in [-0.39, 0.29) is 0 Å². The zero-order chi connectivity index (χ0) is 14.9. The van der Waals surface area contributed by atoms with E-state index in [2.05, 4.69) is 37.5 Å². The normalized spacial score (nSPS) is 10.2. The van der Waals surface area contributed by atoms with Gasteiger partial charge in [-0.25, -0.2) is 0 Å². The topological polar surface area (TPSA) is 84.9 Å². The Bertz CT molecular complexity index is 548. The van der Waals surface area contributed by atoms with Gasteiger partial charge in [0.25, 0.3) is 0 Å². The minimum absolute atomic E-state index is 0.299. The number of methoxy groups -OCH3 is 1. The van der Waals surface area contributed by atoms with Gasteiger partial charge in [0.15, 0.2) is 0 Å². The zero-order valence-electron chi connectivity index (χ0n) is 12.3. The quantitative estimate of drug-likeness (QED) is 0.765. The molecule has 112 valence electrons. The highest BCUT2D eigenvalue weighted by Gasteiger charge is 2.06. The maximum absolute atomic E-state index is 5.09. The second-order valence-corrected chi connectivity index (χ2v) is 4.43. The lowest BCUT2D eigenvalue weighted by atomic mass is 10.2. The van der Waals surface area contributed by atoms with Crippen LogP contribution < -0.4 is 15.4 Å². The van der Waals surface area contributed by atoms with E-state index in [0.717, 1.165) is 24.9 Å². The molecule has 0 atom stereocenters. The summed E-state index contributed by atoms with van der Waals surface area (Å²) >= 11 is 0. The van der Waals surface area contributed by atoms with Crippen molar-refractivity contribution < 1.29 is 4.74 Å². The van der Waals surface area contributed by atoms with Gasteiger partial charge in [-0.2, -0.15) is 15.0 Å². The number of nitrogens with one attached hydrogen (secondary N) is 2. The van der Waals surface area contributed by atoms with Crippen LogP contribution in [0.3, 0.4) is 0 Å². The van der Waals surface area contributed by atoms with E-state index in [0.29, 0.717) is 24.5 Å². The molecule has 2 aromatic heterocycles. The first kappa shape index (κ1) is 15.0. The summed E-state index contributed by atoms with van der Waals surface area (Å²) < 4.78 is 5.09. The van der Waals surface area contributed by atoms with Gasteiger partial charge in [0, 0.05) is 25.5 Å². The number of anilines is 2. The lowest BCUT2D eigenvalue weighted by Gasteiger charge is -2.09. The van der Waals surface area contributed by atoms with Crippen molar-refractivity contribution in [3.63, 3.8) is 0 Å². The Morgan fingerprint density at radius 1 is 1.10 bits per heavy atom. The van der Waals surface area contributed by atoms with Crippen molar-refractivity contribution in [2.24, 2.45) is 0 Å². The number of hydrogen-bond donors (Lipinski definition) is 2. The molecule has 21 heavy (non-hydrogen) atoms. The summed E-state index contributed by atoms with van der Waals surface area (Å²) in [7, 11) is 1.54. The number of aromatic nitrogens is 4. The Kier molecular flexibility index (Phi) is 5.69. The standard InChI is InChI=1S/C14H20N6O/c1-3-7-16-12-18-13(20-14(19-12)21-2)17-9-6-11-5-4-8-15-10-11/h4-5,8,10H,3,6-7,9H2,1-2H3,(H2,16,17,18,19,20). The van der Waals surface area contributed by atoms with Gasteiger partial charge in [0.05, 0.1) is 7.11 Å². The van der Waals surface area contributed by atoms with Crippen molar-refractivity contribution >= 4 is 11.9 Å². The van der Waals surface area contributed by atoms with Crippen LogP contribution in [0.15, 0.2) is 24.5 Å². The molecule has 0 aliphatic heterocycles. The van der Waals surface area contributed by atoms with E-state index in [9.17, 15) is 0 Å². The van der Waals surface area contributed by atoms with E-state index in [4.69, 9.17) is 4.74 Å². The van der Waals surface area contributed by atoms with Crippen LogP contribution in [0.1, 0.15) is 18.9 Å². The average Bonchev–Trinajstić information content (AvgIpc) is 2.53. The molecule has 2 heterocycles. The maximum Gasteiger partial charge on any atom is 0.322 e. The predicted molar refractivity (Wildman–Crippen MR) is 81.6 cm³/mol. The van der Waals surface area contributed by atoms with E-state index in [1.165, 1.54) is 0 Å². The highest BCUT2D eigenvalue weighted by atomic mass is 16.5. The Morgan fingerprint density at radius 3 is 2.48 bits per heavy atom.